The van der Waals surface area contributed by atoms with Gasteiger partial charge in [-0.2, -0.15) is 0 Å². The highest BCUT2D eigenvalue weighted by Gasteiger charge is 2.11. The van der Waals surface area contributed by atoms with Crippen LogP contribution in [0.3, 0.4) is 0 Å². The number of aromatic nitrogens is 3. The van der Waals surface area contributed by atoms with Gasteiger partial charge in [0.2, 0.25) is 0 Å². The molecule has 5 nitrogen and oxygen atoms in total. The standard InChI is InChI=1S/C18H15N3O2S/c1-24-15-9-7-14(8-10-15)13-5-2-12(3-6-13)4-11-16-17(18(22)23)20-21-19-16/h2-11H,1H3,(H,22,23)(H,19,20,21). The molecule has 3 aromatic rings. The second-order valence-corrected chi connectivity index (χ2v) is 5.94. The van der Waals surface area contributed by atoms with Gasteiger partial charge in [0.15, 0.2) is 5.69 Å². The van der Waals surface area contributed by atoms with Crippen molar-refractivity contribution in [2.75, 3.05) is 6.26 Å². The molecule has 2 N–H and O–H groups in total. The molecule has 1 aromatic heterocycles. The van der Waals surface area contributed by atoms with Crippen molar-refractivity contribution in [1.29, 1.82) is 0 Å². The van der Waals surface area contributed by atoms with Crippen LogP contribution in [0.2, 0.25) is 0 Å². The Labute approximate surface area is 143 Å². The molecule has 1 heterocycles. The number of aromatic amines is 1. The van der Waals surface area contributed by atoms with Crippen molar-refractivity contribution < 1.29 is 9.90 Å². The molecule has 0 spiro atoms. The molecule has 0 saturated carbocycles. The molecule has 0 saturated heterocycles. The highest BCUT2D eigenvalue weighted by molar-refractivity contribution is 7.98. The van der Waals surface area contributed by atoms with Crippen molar-refractivity contribution in [2.45, 2.75) is 4.90 Å². The third kappa shape index (κ3) is 3.55. The van der Waals surface area contributed by atoms with Crippen LogP contribution in [0.1, 0.15) is 21.7 Å². The van der Waals surface area contributed by atoms with E-state index in [0.29, 0.717) is 5.69 Å². The minimum Gasteiger partial charge on any atom is -0.476 e. The Morgan fingerprint density at radius 1 is 1.04 bits per heavy atom. The first-order valence-electron chi connectivity index (χ1n) is 7.24. The largest absolute Gasteiger partial charge is 0.476 e. The molecular weight excluding hydrogens is 322 g/mol. The second-order valence-electron chi connectivity index (χ2n) is 5.06. The molecule has 0 bridgehead atoms. The predicted octanol–water partition coefficient (Wildman–Crippen LogP) is 4.06. The Morgan fingerprint density at radius 3 is 2.25 bits per heavy atom. The summed E-state index contributed by atoms with van der Waals surface area (Å²) in [5, 5.41) is 18.6. The lowest BCUT2D eigenvalue weighted by molar-refractivity contribution is 0.0690. The van der Waals surface area contributed by atoms with Crippen LogP contribution < -0.4 is 0 Å². The number of hydrogen-bond acceptors (Lipinski definition) is 4. The van der Waals surface area contributed by atoms with E-state index in [0.717, 1.165) is 16.7 Å². The van der Waals surface area contributed by atoms with Gasteiger partial charge in [-0.15, -0.1) is 16.9 Å². The fourth-order valence-corrected chi connectivity index (χ4v) is 2.67. The summed E-state index contributed by atoms with van der Waals surface area (Å²) in [6.07, 6.45) is 5.54. The summed E-state index contributed by atoms with van der Waals surface area (Å²) in [4.78, 5) is 12.2. The van der Waals surface area contributed by atoms with Crippen LogP contribution in [0.25, 0.3) is 23.3 Å². The maximum atomic E-state index is 11.0. The van der Waals surface area contributed by atoms with E-state index in [1.54, 1.807) is 17.8 Å². The molecule has 3 rings (SSSR count). The normalized spacial score (nSPS) is 11.0. The summed E-state index contributed by atoms with van der Waals surface area (Å²) in [6, 6.07) is 16.5. The van der Waals surface area contributed by atoms with Gasteiger partial charge >= 0.3 is 5.97 Å². The van der Waals surface area contributed by atoms with Gasteiger partial charge in [-0.25, -0.2) is 4.79 Å². The summed E-state index contributed by atoms with van der Waals surface area (Å²) in [5.41, 5.74) is 3.55. The molecule has 2 aromatic carbocycles. The number of nitrogens with one attached hydrogen (secondary N) is 1. The predicted molar refractivity (Wildman–Crippen MR) is 95.9 cm³/mol. The second kappa shape index (κ2) is 7.14. The van der Waals surface area contributed by atoms with Crippen LogP contribution in [-0.2, 0) is 0 Å². The Hall–Kier alpha value is -2.86. The summed E-state index contributed by atoms with van der Waals surface area (Å²) < 4.78 is 0. The van der Waals surface area contributed by atoms with Gasteiger partial charge in [0.25, 0.3) is 0 Å². The monoisotopic (exact) mass is 337 g/mol. The molecule has 24 heavy (non-hydrogen) atoms. The number of rotatable bonds is 5. The van der Waals surface area contributed by atoms with E-state index in [2.05, 4.69) is 45.9 Å². The maximum Gasteiger partial charge on any atom is 0.358 e. The zero-order valence-electron chi connectivity index (χ0n) is 12.9. The summed E-state index contributed by atoms with van der Waals surface area (Å²) in [5.74, 6) is -1.10. The lowest BCUT2D eigenvalue weighted by atomic mass is 10.0. The molecule has 0 aliphatic rings. The fourth-order valence-electron chi connectivity index (χ4n) is 2.26. The number of hydrogen-bond donors (Lipinski definition) is 2. The molecule has 0 unspecified atom stereocenters. The highest BCUT2D eigenvalue weighted by atomic mass is 32.2. The summed E-state index contributed by atoms with van der Waals surface area (Å²) >= 11 is 1.72. The molecule has 0 amide bonds. The van der Waals surface area contributed by atoms with E-state index in [1.807, 2.05) is 30.3 Å². The van der Waals surface area contributed by atoms with Crippen molar-refractivity contribution in [3.63, 3.8) is 0 Å². The van der Waals surface area contributed by atoms with Crippen LogP contribution in [0.4, 0.5) is 0 Å². The SMILES string of the molecule is CSc1ccc(-c2ccc(C=Cc3[nH]nnc3C(=O)O)cc2)cc1. The van der Waals surface area contributed by atoms with Crippen molar-refractivity contribution >= 4 is 29.9 Å². The average Bonchev–Trinajstić information content (AvgIpc) is 3.09. The number of nitrogens with zero attached hydrogens (tertiary/aromatic N) is 2. The van der Waals surface area contributed by atoms with E-state index < -0.39 is 5.97 Å². The molecule has 120 valence electrons. The third-order valence-corrected chi connectivity index (χ3v) is 4.30. The number of H-pyrrole nitrogens is 1. The first kappa shape index (κ1) is 16.0. The lowest BCUT2D eigenvalue weighted by Crippen LogP contribution is -1.98. The van der Waals surface area contributed by atoms with Crippen molar-refractivity contribution in [2.24, 2.45) is 0 Å². The molecule has 0 atom stereocenters. The molecule has 0 radical (unpaired) electrons. The summed E-state index contributed by atoms with van der Waals surface area (Å²) in [6.45, 7) is 0. The Balaban J connectivity index is 1.77. The number of carboxylic acids is 1. The van der Waals surface area contributed by atoms with Crippen molar-refractivity contribution in [3.8, 4) is 11.1 Å². The van der Waals surface area contributed by atoms with Gasteiger partial charge in [0.05, 0.1) is 5.69 Å². The van der Waals surface area contributed by atoms with Crippen LogP contribution in [0.5, 0.6) is 0 Å². The van der Waals surface area contributed by atoms with E-state index >= 15 is 0 Å². The van der Waals surface area contributed by atoms with Gasteiger partial charge < -0.3 is 5.11 Å². The van der Waals surface area contributed by atoms with Gasteiger partial charge in [0.1, 0.15) is 0 Å². The maximum absolute atomic E-state index is 11.0. The number of thioether (sulfide) groups is 1. The van der Waals surface area contributed by atoms with E-state index in [4.69, 9.17) is 5.11 Å². The van der Waals surface area contributed by atoms with Gasteiger partial charge in [-0.1, -0.05) is 47.7 Å². The van der Waals surface area contributed by atoms with Gasteiger partial charge in [-0.05, 0) is 41.2 Å². The Morgan fingerprint density at radius 2 is 1.67 bits per heavy atom. The summed E-state index contributed by atoms with van der Waals surface area (Å²) in [7, 11) is 0. The first-order valence-corrected chi connectivity index (χ1v) is 8.47. The number of benzene rings is 2. The lowest BCUT2D eigenvalue weighted by Gasteiger charge is -2.03. The van der Waals surface area contributed by atoms with Crippen LogP contribution >= 0.6 is 11.8 Å². The molecular formula is C18H15N3O2S. The number of carbonyl (C=O) groups is 1. The Bertz CT molecular complexity index is 868. The smallest absolute Gasteiger partial charge is 0.358 e. The number of aromatic carboxylic acids is 1. The third-order valence-electron chi connectivity index (χ3n) is 3.55. The van der Waals surface area contributed by atoms with Crippen LogP contribution in [0.15, 0.2) is 53.4 Å². The van der Waals surface area contributed by atoms with E-state index in [-0.39, 0.29) is 5.69 Å². The Kier molecular flexibility index (Phi) is 4.77. The zero-order valence-corrected chi connectivity index (χ0v) is 13.7. The average molecular weight is 337 g/mol. The van der Waals surface area contributed by atoms with Crippen LogP contribution in [-0.4, -0.2) is 32.7 Å². The zero-order chi connectivity index (χ0) is 16.9. The van der Waals surface area contributed by atoms with E-state index in [9.17, 15) is 4.79 Å². The minimum atomic E-state index is -1.10. The molecule has 0 aliphatic carbocycles. The quantitative estimate of drug-likeness (QED) is 0.686. The van der Waals surface area contributed by atoms with Gasteiger partial charge in [0, 0.05) is 4.90 Å². The van der Waals surface area contributed by atoms with Crippen molar-refractivity contribution in [3.05, 3.63) is 65.5 Å². The van der Waals surface area contributed by atoms with E-state index in [1.165, 1.54) is 4.90 Å². The number of carboxylic acid groups (broad SMARTS) is 1. The fraction of sp³-hybridized carbons (Fsp3) is 0.0556. The van der Waals surface area contributed by atoms with Gasteiger partial charge in [-0.3, -0.25) is 5.10 Å². The highest BCUT2D eigenvalue weighted by Crippen LogP contribution is 2.23. The van der Waals surface area contributed by atoms with Crippen molar-refractivity contribution in [1.82, 2.24) is 15.4 Å². The van der Waals surface area contributed by atoms with Crippen LogP contribution in [0, 0.1) is 0 Å². The minimum absolute atomic E-state index is 0.0863. The topological polar surface area (TPSA) is 78.9 Å². The molecule has 0 aliphatic heterocycles. The molecule has 0 fully saturated rings. The molecule has 6 heteroatoms. The first-order chi connectivity index (χ1) is 11.7.